The van der Waals surface area contributed by atoms with Crippen LogP contribution in [0.25, 0.3) is 0 Å². The number of aliphatic hydroxyl groups is 1. The van der Waals surface area contributed by atoms with Crippen molar-refractivity contribution in [1.29, 1.82) is 0 Å². The lowest BCUT2D eigenvalue weighted by atomic mass is 9.92. The summed E-state index contributed by atoms with van der Waals surface area (Å²) in [5.74, 6) is -0.444. The van der Waals surface area contributed by atoms with Crippen molar-refractivity contribution in [3.05, 3.63) is 11.8 Å². The van der Waals surface area contributed by atoms with Gasteiger partial charge in [-0.2, -0.15) is 0 Å². The predicted octanol–water partition coefficient (Wildman–Crippen LogP) is 1.29. The number of esters is 1. The Hall–Kier alpha value is -1.32. The molecule has 1 aliphatic heterocycles. The number of carbonyl (C=O) groups is 1. The maximum absolute atomic E-state index is 11.1. The van der Waals surface area contributed by atoms with E-state index in [4.69, 9.17) is 0 Å². The molecule has 1 heterocycles. The molecule has 2 unspecified atom stereocenters. The molecule has 0 aromatic carbocycles. The van der Waals surface area contributed by atoms with E-state index < -0.39 is 5.97 Å². The van der Waals surface area contributed by atoms with Gasteiger partial charge in [0.1, 0.15) is 5.70 Å². The highest BCUT2D eigenvalue weighted by Gasteiger charge is 2.24. The van der Waals surface area contributed by atoms with Gasteiger partial charge in [0.2, 0.25) is 0 Å². The number of rotatable bonds is 1. The van der Waals surface area contributed by atoms with Crippen LogP contribution < -0.4 is 0 Å². The van der Waals surface area contributed by atoms with Crippen molar-refractivity contribution in [2.75, 3.05) is 7.11 Å². The maximum atomic E-state index is 11.1. The molecule has 0 fully saturated rings. The van der Waals surface area contributed by atoms with Crippen LogP contribution in [0, 0.1) is 11.8 Å². The van der Waals surface area contributed by atoms with Gasteiger partial charge in [0, 0.05) is 5.92 Å². The van der Waals surface area contributed by atoms with Gasteiger partial charge in [0.15, 0.2) is 5.90 Å². The largest absolute Gasteiger partial charge is 0.496 e. The molecule has 2 atom stereocenters. The molecular formula is C9H13NO3. The van der Waals surface area contributed by atoms with Gasteiger partial charge in [-0.1, -0.05) is 13.8 Å². The zero-order valence-electron chi connectivity index (χ0n) is 7.94. The normalized spacial score (nSPS) is 27.6. The Kier molecular flexibility index (Phi) is 2.70. The van der Waals surface area contributed by atoms with Gasteiger partial charge in [-0.25, -0.2) is 9.79 Å². The maximum Gasteiger partial charge on any atom is 0.356 e. The topological polar surface area (TPSA) is 58.9 Å². The third-order valence-electron chi connectivity index (χ3n) is 2.25. The second kappa shape index (κ2) is 3.60. The van der Waals surface area contributed by atoms with Gasteiger partial charge in [-0.05, 0) is 12.0 Å². The third-order valence-corrected chi connectivity index (χ3v) is 2.25. The molecular weight excluding hydrogens is 170 g/mol. The molecule has 0 amide bonds. The lowest BCUT2D eigenvalue weighted by molar-refractivity contribution is -0.136. The minimum absolute atomic E-state index is 0.00426. The highest BCUT2D eigenvalue weighted by atomic mass is 16.5. The lowest BCUT2D eigenvalue weighted by Gasteiger charge is -2.19. The van der Waals surface area contributed by atoms with Gasteiger partial charge in [0.25, 0.3) is 0 Å². The fraction of sp³-hybridized carbons (Fsp3) is 0.556. The summed E-state index contributed by atoms with van der Waals surface area (Å²) in [6.45, 7) is 3.77. The summed E-state index contributed by atoms with van der Waals surface area (Å²) >= 11 is 0. The first-order chi connectivity index (χ1) is 6.06. The van der Waals surface area contributed by atoms with Gasteiger partial charge in [-0.15, -0.1) is 0 Å². The van der Waals surface area contributed by atoms with Crippen LogP contribution in [0.2, 0.25) is 0 Å². The van der Waals surface area contributed by atoms with Crippen LogP contribution in [0.15, 0.2) is 16.8 Å². The number of methoxy groups -OCH3 is 1. The van der Waals surface area contributed by atoms with Crippen molar-refractivity contribution >= 4 is 11.9 Å². The van der Waals surface area contributed by atoms with E-state index in [1.165, 1.54) is 7.11 Å². The first-order valence-corrected chi connectivity index (χ1v) is 4.14. The number of ether oxygens (including phenoxy) is 1. The summed E-state index contributed by atoms with van der Waals surface area (Å²) in [4.78, 5) is 14.8. The van der Waals surface area contributed by atoms with E-state index in [0.717, 1.165) is 0 Å². The molecule has 0 saturated heterocycles. The Morgan fingerprint density at radius 2 is 2.23 bits per heavy atom. The Morgan fingerprint density at radius 3 is 2.69 bits per heavy atom. The molecule has 4 nitrogen and oxygen atoms in total. The molecule has 0 saturated carbocycles. The van der Waals surface area contributed by atoms with Gasteiger partial charge >= 0.3 is 5.97 Å². The number of carbonyl (C=O) groups excluding carboxylic acids is 1. The molecule has 1 aliphatic rings. The monoisotopic (exact) mass is 183 g/mol. The summed E-state index contributed by atoms with van der Waals surface area (Å²) in [5.41, 5.74) is 0.186. The van der Waals surface area contributed by atoms with Gasteiger partial charge in [-0.3, -0.25) is 0 Å². The molecule has 0 aromatic heterocycles. The Labute approximate surface area is 76.9 Å². The number of hydrogen-bond acceptors (Lipinski definition) is 3. The lowest BCUT2D eigenvalue weighted by Crippen LogP contribution is -2.23. The van der Waals surface area contributed by atoms with E-state index in [0.29, 0.717) is 0 Å². The third kappa shape index (κ3) is 1.88. The smallest absolute Gasteiger partial charge is 0.356 e. The van der Waals surface area contributed by atoms with Crippen LogP contribution in [0.4, 0.5) is 0 Å². The average molecular weight is 183 g/mol. The molecule has 1 N–H and O–H groups in total. The van der Waals surface area contributed by atoms with Crippen molar-refractivity contribution in [3.8, 4) is 0 Å². The minimum Gasteiger partial charge on any atom is -0.496 e. The zero-order valence-corrected chi connectivity index (χ0v) is 7.94. The number of allylic oxidation sites excluding steroid dienone is 1. The number of aliphatic imine (C=N–C) groups is 1. The van der Waals surface area contributed by atoms with Crippen molar-refractivity contribution in [2.24, 2.45) is 16.8 Å². The fourth-order valence-corrected chi connectivity index (χ4v) is 1.11. The second-order valence-corrected chi connectivity index (χ2v) is 3.16. The fourth-order valence-electron chi connectivity index (χ4n) is 1.11. The molecule has 0 aromatic rings. The predicted molar refractivity (Wildman–Crippen MR) is 48.5 cm³/mol. The molecule has 0 spiro atoms. The number of hydrogen-bond donors (Lipinski definition) is 1. The van der Waals surface area contributed by atoms with E-state index in [9.17, 15) is 9.90 Å². The van der Waals surface area contributed by atoms with Crippen LogP contribution in [0.5, 0.6) is 0 Å². The summed E-state index contributed by atoms with van der Waals surface area (Å²) < 4.78 is 4.50. The second-order valence-electron chi connectivity index (χ2n) is 3.16. The molecule has 72 valence electrons. The van der Waals surface area contributed by atoms with E-state index in [-0.39, 0.29) is 23.4 Å². The van der Waals surface area contributed by atoms with Crippen molar-refractivity contribution in [1.82, 2.24) is 0 Å². The molecule has 13 heavy (non-hydrogen) atoms. The highest BCUT2D eigenvalue weighted by molar-refractivity contribution is 5.93. The Balaban J connectivity index is 2.90. The van der Waals surface area contributed by atoms with Gasteiger partial charge in [0.05, 0.1) is 7.11 Å². The quantitative estimate of drug-likeness (QED) is 0.623. The van der Waals surface area contributed by atoms with E-state index in [2.05, 4.69) is 9.73 Å². The van der Waals surface area contributed by atoms with Crippen LogP contribution in [0.1, 0.15) is 13.8 Å². The Bertz CT molecular complexity index is 281. The molecule has 0 bridgehead atoms. The van der Waals surface area contributed by atoms with E-state index in [1.807, 2.05) is 13.8 Å². The van der Waals surface area contributed by atoms with E-state index >= 15 is 0 Å². The standard InChI is InChI=1S/C9H13NO3/c1-5-4-7(9(12)13-3)10-8(11)6(5)2/h4-6H,1-3H3,(H,10,11). The van der Waals surface area contributed by atoms with Crippen molar-refractivity contribution in [3.63, 3.8) is 0 Å². The summed E-state index contributed by atoms with van der Waals surface area (Å²) in [6.07, 6.45) is 1.70. The SMILES string of the molecule is COC(=O)C1=CC(C)C(C)C(O)=N1. The molecule has 0 radical (unpaired) electrons. The molecule has 4 heteroatoms. The summed E-state index contributed by atoms with van der Waals surface area (Å²) in [5, 5.41) is 9.36. The van der Waals surface area contributed by atoms with Crippen LogP contribution in [-0.4, -0.2) is 24.1 Å². The highest BCUT2D eigenvalue weighted by Crippen LogP contribution is 2.22. The summed E-state index contributed by atoms with van der Waals surface area (Å²) in [6, 6.07) is 0. The Morgan fingerprint density at radius 1 is 1.62 bits per heavy atom. The minimum atomic E-state index is -0.509. The van der Waals surface area contributed by atoms with E-state index in [1.54, 1.807) is 6.08 Å². The van der Waals surface area contributed by atoms with Crippen molar-refractivity contribution < 1.29 is 14.6 Å². The van der Waals surface area contributed by atoms with Crippen LogP contribution >= 0.6 is 0 Å². The average Bonchev–Trinajstić information content (AvgIpc) is 2.12. The molecule has 0 aliphatic carbocycles. The zero-order chi connectivity index (χ0) is 10.0. The van der Waals surface area contributed by atoms with Crippen LogP contribution in [0.3, 0.4) is 0 Å². The van der Waals surface area contributed by atoms with Crippen molar-refractivity contribution in [2.45, 2.75) is 13.8 Å². The number of nitrogens with zero attached hydrogens (tertiary/aromatic N) is 1. The van der Waals surface area contributed by atoms with Crippen LogP contribution in [-0.2, 0) is 9.53 Å². The first kappa shape index (κ1) is 9.77. The number of aliphatic hydroxyl groups excluding tert-OH is 1. The first-order valence-electron chi connectivity index (χ1n) is 4.14. The molecule has 1 rings (SSSR count). The van der Waals surface area contributed by atoms with Gasteiger partial charge < -0.3 is 9.84 Å². The summed E-state index contributed by atoms with van der Waals surface area (Å²) in [7, 11) is 1.29.